The van der Waals surface area contributed by atoms with Crippen molar-refractivity contribution in [1.82, 2.24) is 0 Å². The van der Waals surface area contributed by atoms with Crippen molar-refractivity contribution >= 4 is 17.1 Å². The molecule has 1 aliphatic heterocycles. The van der Waals surface area contributed by atoms with E-state index in [4.69, 9.17) is 10.5 Å². The molecule has 0 saturated carbocycles. The Balaban J connectivity index is 2.02. The highest BCUT2D eigenvalue weighted by Gasteiger charge is 2.20. The Morgan fingerprint density at radius 1 is 1.05 bits per heavy atom. The first-order valence-electron chi connectivity index (χ1n) is 7.57. The Labute approximate surface area is 126 Å². The van der Waals surface area contributed by atoms with Crippen LogP contribution in [0.1, 0.15) is 25.8 Å². The van der Waals surface area contributed by atoms with Gasteiger partial charge in [0.25, 0.3) is 0 Å². The Kier molecular flexibility index (Phi) is 3.74. The second-order valence-electron chi connectivity index (χ2n) is 5.74. The molecule has 3 rings (SSSR count). The minimum Gasteiger partial charge on any atom is -0.489 e. The average Bonchev–Trinajstić information content (AvgIpc) is 2.49. The monoisotopic (exact) mass is 282 g/mol. The minimum absolute atomic E-state index is 0.121. The quantitative estimate of drug-likeness (QED) is 0.860. The number of benzene rings is 2. The molecule has 3 nitrogen and oxygen atoms in total. The van der Waals surface area contributed by atoms with Crippen LogP contribution in [0.15, 0.2) is 42.5 Å². The molecule has 2 aromatic carbocycles. The zero-order valence-corrected chi connectivity index (χ0v) is 12.7. The zero-order valence-electron chi connectivity index (χ0n) is 12.7. The van der Waals surface area contributed by atoms with Crippen LogP contribution in [0.25, 0.3) is 0 Å². The van der Waals surface area contributed by atoms with Crippen LogP contribution in [0.2, 0.25) is 0 Å². The van der Waals surface area contributed by atoms with E-state index in [0.717, 1.165) is 36.5 Å². The highest BCUT2D eigenvalue weighted by Crippen LogP contribution is 2.39. The Morgan fingerprint density at radius 3 is 2.62 bits per heavy atom. The number of nitrogens with two attached hydrogens (primary N) is 1. The van der Waals surface area contributed by atoms with Crippen LogP contribution in [-0.4, -0.2) is 12.6 Å². The van der Waals surface area contributed by atoms with Crippen molar-refractivity contribution in [2.75, 3.05) is 17.2 Å². The average molecular weight is 282 g/mol. The van der Waals surface area contributed by atoms with Gasteiger partial charge in [-0.1, -0.05) is 24.3 Å². The fourth-order valence-electron chi connectivity index (χ4n) is 2.91. The highest BCUT2D eigenvalue weighted by atomic mass is 16.5. The molecule has 0 fully saturated rings. The van der Waals surface area contributed by atoms with E-state index in [1.807, 2.05) is 26.0 Å². The van der Waals surface area contributed by atoms with Gasteiger partial charge in [-0.3, -0.25) is 0 Å². The van der Waals surface area contributed by atoms with Crippen molar-refractivity contribution in [3.8, 4) is 5.75 Å². The minimum atomic E-state index is 0.121. The van der Waals surface area contributed by atoms with Crippen molar-refractivity contribution < 1.29 is 4.74 Å². The second kappa shape index (κ2) is 5.68. The normalized spacial score (nSPS) is 14.1. The molecule has 0 aliphatic carbocycles. The molecule has 0 amide bonds. The number of anilines is 3. The molecule has 0 aromatic heterocycles. The first kappa shape index (κ1) is 13.8. The van der Waals surface area contributed by atoms with Gasteiger partial charge < -0.3 is 15.4 Å². The van der Waals surface area contributed by atoms with E-state index in [9.17, 15) is 0 Å². The molecule has 0 unspecified atom stereocenters. The molecule has 3 heteroatoms. The Hall–Kier alpha value is -2.16. The van der Waals surface area contributed by atoms with Gasteiger partial charge in [0.1, 0.15) is 5.75 Å². The Bertz CT molecular complexity index is 637. The van der Waals surface area contributed by atoms with Crippen molar-refractivity contribution in [1.29, 1.82) is 0 Å². The van der Waals surface area contributed by atoms with E-state index < -0.39 is 0 Å². The third kappa shape index (κ3) is 2.68. The van der Waals surface area contributed by atoms with Crippen molar-refractivity contribution in [2.45, 2.75) is 32.8 Å². The molecule has 2 N–H and O–H groups in total. The second-order valence-corrected chi connectivity index (χ2v) is 5.74. The van der Waals surface area contributed by atoms with Crippen LogP contribution in [0.4, 0.5) is 17.1 Å². The van der Waals surface area contributed by atoms with E-state index in [-0.39, 0.29) is 6.10 Å². The van der Waals surface area contributed by atoms with Gasteiger partial charge >= 0.3 is 0 Å². The number of para-hydroxylation sites is 2. The number of ether oxygens (including phenoxy) is 1. The molecule has 0 bridgehead atoms. The summed E-state index contributed by atoms with van der Waals surface area (Å²) in [4.78, 5) is 2.31. The number of rotatable bonds is 3. The first-order valence-corrected chi connectivity index (χ1v) is 7.57. The molecule has 0 atom stereocenters. The van der Waals surface area contributed by atoms with E-state index in [1.54, 1.807) is 0 Å². The number of fused-ring (bicyclic) bond motifs is 1. The molecule has 2 aromatic rings. The van der Waals surface area contributed by atoms with Crippen LogP contribution in [0.5, 0.6) is 5.75 Å². The standard InChI is InChI=1S/C18H22N2O/c1-13(2)21-17-11-5-10-16(18(17)19)20-12-6-8-14-7-3-4-9-15(14)20/h3-5,7,9-11,13H,6,8,12,19H2,1-2H3. The molecule has 0 saturated heterocycles. The number of hydrogen-bond donors (Lipinski definition) is 1. The lowest BCUT2D eigenvalue weighted by Crippen LogP contribution is -2.25. The summed E-state index contributed by atoms with van der Waals surface area (Å²) < 4.78 is 5.81. The molecule has 0 radical (unpaired) electrons. The Morgan fingerprint density at radius 2 is 1.81 bits per heavy atom. The SMILES string of the molecule is CC(C)Oc1cccc(N2CCCc3ccccc32)c1N. The predicted molar refractivity (Wildman–Crippen MR) is 88.4 cm³/mol. The third-order valence-corrected chi connectivity index (χ3v) is 3.81. The smallest absolute Gasteiger partial charge is 0.144 e. The van der Waals surface area contributed by atoms with Crippen LogP contribution in [0, 0.1) is 0 Å². The maximum Gasteiger partial charge on any atom is 0.144 e. The van der Waals surface area contributed by atoms with Crippen LogP contribution < -0.4 is 15.4 Å². The van der Waals surface area contributed by atoms with E-state index >= 15 is 0 Å². The summed E-state index contributed by atoms with van der Waals surface area (Å²) in [7, 11) is 0. The fraction of sp³-hybridized carbons (Fsp3) is 0.333. The predicted octanol–water partition coefficient (Wildman–Crippen LogP) is 4.14. The molecule has 21 heavy (non-hydrogen) atoms. The molecular weight excluding hydrogens is 260 g/mol. The zero-order chi connectivity index (χ0) is 14.8. The third-order valence-electron chi connectivity index (χ3n) is 3.81. The lowest BCUT2D eigenvalue weighted by Gasteiger charge is -2.32. The van der Waals surface area contributed by atoms with Gasteiger partial charge in [0.05, 0.1) is 17.5 Å². The van der Waals surface area contributed by atoms with Gasteiger partial charge in [-0.15, -0.1) is 0 Å². The summed E-state index contributed by atoms with van der Waals surface area (Å²) in [6.07, 6.45) is 2.40. The largest absolute Gasteiger partial charge is 0.489 e. The van der Waals surface area contributed by atoms with Gasteiger partial charge in [0.2, 0.25) is 0 Å². The summed E-state index contributed by atoms with van der Waals surface area (Å²) in [6, 6.07) is 14.6. The molecular formula is C18H22N2O. The maximum absolute atomic E-state index is 6.35. The van der Waals surface area contributed by atoms with Crippen LogP contribution >= 0.6 is 0 Å². The lowest BCUT2D eigenvalue weighted by molar-refractivity contribution is 0.244. The van der Waals surface area contributed by atoms with E-state index in [0.29, 0.717) is 0 Å². The highest BCUT2D eigenvalue weighted by molar-refractivity contribution is 5.80. The van der Waals surface area contributed by atoms with Gasteiger partial charge in [-0.2, -0.15) is 0 Å². The van der Waals surface area contributed by atoms with Crippen LogP contribution in [0.3, 0.4) is 0 Å². The van der Waals surface area contributed by atoms with Crippen molar-refractivity contribution in [3.63, 3.8) is 0 Å². The molecule has 0 spiro atoms. The summed E-state index contributed by atoms with van der Waals surface area (Å²) in [6.45, 7) is 5.02. The van der Waals surface area contributed by atoms with E-state index in [2.05, 4.69) is 35.2 Å². The van der Waals surface area contributed by atoms with Crippen molar-refractivity contribution in [3.05, 3.63) is 48.0 Å². The summed E-state index contributed by atoms with van der Waals surface area (Å²) >= 11 is 0. The molecule has 110 valence electrons. The topological polar surface area (TPSA) is 38.5 Å². The molecule has 1 heterocycles. The van der Waals surface area contributed by atoms with Crippen molar-refractivity contribution in [2.24, 2.45) is 0 Å². The molecule has 1 aliphatic rings. The number of aryl methyl sites for hydroxylation is 1. The summed E-state index contributed by atoms with van der Waals surface area (Å²) in [5.41, 5.74) is 10.8. The fourth-order valence-corrected chi connectivity index (χ4v) is 2.91. The van der Waals surface area contributed by atoms with Gasteiger partial charge in [-0.05, 0) is 50.5 Å². The van der Waals surface area contributed by atoms with Gasteiger partial charge in [-0.25, -0.2) is 0 Å². The van der Waals surface area contributed by atoms with Crippen LogP contribution in [-0.2, 0) is 6.42 Å². The first-order chi connectivity index (χ1) is 10.2. The summed E-state index contributed by atoms with van der Waals surface area (Å²) in [5.74, 6) is 0.769. The number of nitrogens with zero attached hydrogens (tertiary/aromatic N) is 1. The number of nitrogen functional groups attached to an aromatic ring is 1. The van der Waals surface area contributed by atoms with Gasteiger partial charge in [0.15, 0.2) is 0 Å². The van der Waals surface area contributed by atoms with Gasteiger partial charge in [0, 0.05) is 12.2 Å². The lowest BCUT2D eigenvalue weighted by atomic mass is 10.0. The summed E-state index contributed by atoms with van der Waals surface area (Å²) in [5, 5.41) is 0. The number of hydrogen-bond acceptors (Lipinski definition) is 3. The van der Waals surface area contributed by atoms with E-state index in [1.165, 1.54) is 11.3 Å². The maximum atomic E-state index is 6.35.